The van der Waals surface area contributed by atoms with E-state index in [-0.39, 0.29) is 5.91 Å². The molecule has 0 saturated carbocycles. The fourth-order valence-corrected chi connectivity index (χ4v) is 4.27. The van der Waals surface area contributed by atoms with Crippen molar-refractivity contribution in [1.82, 2.24) is 19.7 Å². The van der Waals surface area contributed by atoms with Gasteiger partial charge in [0.1, 0.15) is 10.8 Å². The Balaban J connectivity index is 1.56. The summed E-state index contributed by atoms with van der Waals surface area (Å²) >= 11 is 7.90. The van der Waals surface area contributed by atoms with E-state index >= 15 is 0 Å². The Bertz CT molecular complexity index is 1200. The first-order chi connectivity index (χ1) is 14.4. The monoisotopic (exact) mass is 437 g/mol. The summed E-state index contributed by atoms with van der Waals surface area (Å²) < 4.78 is 1.63. The number of carbonyl (C=O) groups is 1. The molecule has 0 unspecified atom stereocenters. The molecule has 0 aliphatic rings. The van der Waals surface area contributed by atoms with Gasteiger partial charge in [-0.2, -0.15) is 5.10 Å². The van der Waals surface area contributed by atoms with E-state index in [1.54, 1.807) is 17.8 Å². The Kier molecular flexibility index (Phi) is 5.65. The number of thiazole rings is 1. The second kappa shape index (κ2) is 8.38. The van der Waals surface area contributed by atoms with Gasteiger partial charge < -0.3 is 0 Å². The number of rotatable bonds is 5. The molecule has 1 N–H and O–H groups in total. The van der Waals surface area contributed by atoms with E-state index in [1.165, 1.54) is 11.3 Å². The van der Waals surface area contributed by atoms with Crippen LogP contribution in [0.1, 0.15) is 32.1 Å². The Hall–Kier alpha value is -3.03. The van der Waals surface area contributed by atoms with E-state index < -0.39 is 0 Å². The van der Waals surface area contributed by atoms with Gasteiger partial charge in [-0.3, -0.25) is 15.1 Å². The molecule has 0 aliphatic heterocycles. The molecule has 3 heterocycles. The van der Waals surface area contributed by atoms with Gasteiger partial charge in [0.05, 0.1) is 23.5 Å². The van der Waals surface area contributed by atoms with Crippen molar-refractivity contribution < 1.29 is 4.79 Å². The lowest BCUT2D eigenvalue weighted by Crippen LogP contribution is -2.13. The molecule has 0 radical (unpaired) electrons. The minimum Gasteiger partial charge on any atom is -0.298 e. The molecule has 0 spiro atoms. The summed E-state index contributed by atoms with van der Waals surface area (Å²) in [4.78, 5) is 22.9. The van der Waals surface area contributed by atoms with Crippen LogP contribution in [-0.4, -0.2) is 25.7 Å². The summed E-state index contributed by atoms with van der Waals surface area (Å²) in [5.74, 6) is -0.325. The Labute approximate surface area is 183 Å². The molecule has 3 aromatic heterocycles. The van der Waals surface area contributed by atoms with E-state index in [0.717, 1.165) is 27.4 Å². The van der Waals surface area contributed by atoms with Crippen molar-refractivity contribution in [3.05, 3.63) is 81.1 Å². The van der Waals surface area contributed by atoms with Crippen LogP contribution in [0.5, 0.6) is 0 Å². The number of anilines is 1. The molecule has 4 rings (SSSR count). The van der Waals surface area contributed by atoms with E-state index in [9.17, 15) is 4.79 Å². The smallest absolute Gasteiger partial charge is 0.262 e. The molecule has 1 amide bonds. The lowest BCUT2D eigenvalue weighted by atomic mass is 10.2. The summed E-state index contributed by atoms with van der Waals surface area (Å²) in [6.45, 7) is 6.21. The van der Waals surface area contributed by atoms with Gasteiger partial charge in [0.2, 0.25) is 0 Å². The van der Waals surface area contributed by atoms with Crippen LogP contribution in [0, 0.1) is 20.8 Å². The Morgan fingerprint density at radius 1 is 1.13 bits per heavy atom. The third-order valence-electron chi connectivity index (χ3n) is 4.64. The molecule has 0 bridgehead atoms. The first-order valence-electron chi connectivity index (χ1n) is 9.41. The van der Waals surface area contributed by atoms with Gasteiger partial charge >= 0.3 is 0 Å². The number of nitrogens with zero attached hydrogens (tertiary/aromatic N) is 4. The van der Waals surface area contributed by atoms with Gasteiger partial charge in [0.25, 0.3) is 5.91 Å². The highest BCUT2D eigenvalue weighted by Crippen LogP contribution is 2.30. The maximum atomic E-state index is 12.9. The largest absolute Gasteiger partial charge is 0.298 e. The number of halogens is 1. The lowest BCUT2D eigenvalue weighted by Gasteiger charge is -2.04. The molecular formula is C22H20ClN5OS. The SMILES string of the molecule is Cc1ccc(-c2nc(NC(=O)c3c(C)nn(Cc4ccccc4)c3Cl)sc2C)nc1. The van der Waals surface area contributed by atoms with E-state index in [0.29, 0.717) is 28.1 Å². The number of hydrogen-bond donors (Lipinski definition) is 1. The number of carbonyl (C=O) groups excluding carboxylic acids is 1. The standard InChI is InChI=1S/C22H20ClN5OS/c1-13-9-10-17(24-11-13)19-15(3)30-22(25-19)26-21(29)18-14(2)27-28(20(18)23)12-16-7-5-4-6-8-16/h4-11H,12H2,1-3H3,(H,25,26,29). The van der Waals surface area contributed by atoms with Crippen LogP contribution in [-0.2, 0) is 6.54 Å². The third kappa shape index (κ3) is 4.13. The van der Waals surface area contributed by atoms with Gasteiger partial charge in [-0.15, -0.1) is 11.3 Å². The van der Waals surface area contributed by atoms with Crippen molar-refractivity contribution in [3.8, 4) is 11.4 Å². The number of pyridine rings is 1. The van der Waals surface area contributed by atoms with E-state index in [4.69, 9.17) is 11.6 Å². The van der Waals surface area contributed by atoms with Gasteiger partial charge in [0, 0.05) is 11.1 Å². The zero-order chi connectivity index (χ0) is 21.3. The highest BCUT2D eigenvalue weighted by atomic mass is 35.5. The van der Waals surface area contributed by atoms with Crippen molar-refractivity contribution >= 4 is 34.0 Å². The van der Waals surface area contributed by atoms with E-state index in [1.807, 2.05) is 56.3 Å². The van der Waals surface area contributed by atoms with Crippen LogP contribution in [0.25, 0.3) is 11.4 Å². The Morgan fingerprint density at radius 2 is 1.90 bits per heavy atom. The fourth-order valence-electron chi connectivity index (χ4n) is 3.13. The van der Waals surface area contributed by atoms with Gasteiger partial charge in [-0.1, -0.05) is 48.0 Å². The number of amides is 1. The average molecular weight is 438 g/mol. The quantitative estimate of drug-likeness (QED) is 0.461. The second-order valence-corrected chi connectivity index (χ2v) is 8.55. The fraction of sp³-hybridized carbons (Fsp3) is 0.182. The van der Waals surface area contributed by atoms with Crippen LogP contribution in [0.3, 0.4) is 0 Å². The minimum atomic E-state index is -0.325. The maximum absolute atomic E-state index is 12.9. The molecule has 6 nitrogen and oxygen atoms in total. The molecule has 8 heteroatoms. The van der Waals surface area contributed by atoms with Gasteiger partial charge in [-0.25, -0.2) is 9.67 Å². The molecule has 0 saturated heterocycles. The number of aromatic nitrogens is 4. The van der Waals surface area contributed by atoms with Crippen molar-refractivity contribution in [2.24, 2.45) is 0 Å². The number of benzene rings is 1. The number of hydrogen-bond acceptors (Lipinski definition) is 5. The number of aryl methyl sites for hydroxylation is 3. The maximum Gasteiger partial charge on any atom is 0.262 e. The van der Waals surface area contributed by atoms with Crippen molar-refractivity contribution in [3.63, 3.8) is 0 Å². The van der Waals surface area contributed by atoms with Gasteiger partial charge in [0.15, 0.2) is 5.13 Å². The summed E-state index contributed by atoms with van der Waals surface area (Å²) in [5.41, 5.74) is 4.60. The molecular weight excluding hydrogens is 418 g/mol. The van der Waals surface area contributed by atoms with E-state index in [2.05, 4.69) is 20.4 Å². The summed E-state index contributed by atoms with van der Waals surface area (Å²) in [5, 5.41) is 8.11. The summed E-state index contributed by atoms with van der Waals surface area (Å²) in [6, 6.07) is 13.8. The molecule has 0 atom stereocenters. The van der Waals surface area contributed by atoms with Crippen molar-refractivity contribution in [2.75, 3.05) is 5.32 Å². The van der Waals surface area contributed by atoms with Crippen LogP contribution >= 0.6 is 22.9 Å². The molecule has 0 aliphatic carbocycles. The first-order valence-corrected chi connectivity index (χ1v) is 10.6. The normalized spacial score (nSPS) is 10.9. The lowest BCUT2D eigenvalue weighted by molar-refractivity contribution is 0.102. The first kappa shape index (κ1) is 20.3. The van der Waals surface area contributed by atoms with Gasteiger partial charge in [-0.05, 0) is 38.0 Å². The predicted octanol–water partition coefficient (Wildman–Crippen LogP) is 5.28. The van der Waals surface area contributed by atoms with Crippen molar-refractivity contribution in [2.45, 2.75) is 27.3 Å². The van der Waals surface area contributed by atoms with Crippen molar-refractivity contribution in [1.29, 1.82) is 0 Å². The van der Waals surface area contributed by atoms with Crippen LogP contribution in [0.2, 0.25) is 5.15 Å². The predicted molar refractivity (Wildman–Crippen MR) is 120 cm³/mol. The Morgan fingerprint density at radius 3 is 2.60 bits per heavy atom. The average Bonchev–Trinajstić information content (AvgIpc) is 3.21. The highest BCUT2D eigenvalue weighted by molar-refractivity contribution is 7.16. The highest BCUT2D eigenvalue weighted by Gasteiger charge is 2.22. The van der Waals surface area contributed by atoms with Crippen LogP contribution in [0.15, 0.2) is 48.7 Å². The second-order valence-electron chi connectivity index (χ2n) is 6.99. The topological polar surface area (TPSA) is 72.7 Å². The van der Waals surface area contributed by atoms with Crippen LogP contribution < -0.4 is 5.32 Å². The minimum absolute atomic E-state index is 0.308. The number of nitrogens with one attached hydrogen (secondary N) is 1. The summed E-state index contributed by atoms with van der Waals surface area (Å²) in [7, 11) is 0. The molecule has 0 fully saturated rings. The summed E-state index contributed by atoms with van der Waals surface area (Å²) in [6.07, 6.45) is 1.80. The zero-order valence-electron chi connectivity index (χ0n) is 16.8. The molecule has 1 aromatic carbocycles. The molecule has 30 heavy (non-hydrogen) atoms. The third-order valence-corrected chi connectivity index (χ3v) is 5.91. The van der Waals surface area contributed by atoms with Crippen LogP contribution in [0.4, 0.5) is 5.13 Å². The molecule has 152 valence electrons. The molecule has 4 aromatic rings. The zero-order valence-corrected chi connectivity index (χ0v) is 18.4.